The molecule has 0 spiro atoms. The number of furan rings is 1. The van der Waals surface area contributed by atoms with E-state index in [1.807, 2.05) is 36.4 Å². The molecular weight excluding hydrogens is 265 g/mol. The van der Waals surface area contributed by atoms with E-state index in [2.05, 4.69) is 12.2 Å². The van der Waals surface area contributed by atoms with Gasteiger partial charge in [0.25, 0.3) is 0 Å². The van der Waals surface area contributed by atoms with Gasteiger partial charge in [-0.05, 0) is 36.0 Å². The topological polar surface area (TPSA) is 25.2 Å². The minimum Gasteiger partial charge on any atom is -0.467 e. The lowest BCUT2D eigenvalue weighted by molar-refractivity contribution is 0.484. The van der Waals surface area contributed by atoms with Gasteiger partial charge >= 0.3 is 0 Å². The first-order chi connectivity index (χ1) is 10.3. The van der Waals surface area contributed by atoms with Gasteiger partial charge < -0.3 is 9.73 Å². The lowest BCUT2D eigenvalue weighted by Gasteiger charge is -2.08. The van der Waals surface area contributed by atoms with E-state index in [1.165, 1.54) is 6.07 Å². The molecule has 3 aromatic rings. The maximum absolute atomic E-state index is 13.9. The van der Waals surface area contributed by atoms with E-state index in [0.29, 0.717) is 11.9 Å². The van der Waals surface area contributed by atoms with Gasteiger partial charge in [-0.3, -0.25) is 0 Å². The Balaban J connectivity index is 2.05. The zero-order chi connectivity index (χ0) is 14.7. The second-order valence-corrected chi connectivity index (χ2v) is 5.07. The van der Waals surface area contributed by atoms with E-state index >= 15 is 0 Å². The molecule has 21 heavy (non-hydrogen) atoms. The fraction of sp³-hybridized carbons (Fsp3) is 0.222. The highest BCUT2D eigenvalue weighted by atomic mass is 19.1. The SMILES string of the molecule is CCCNCc1occc1-c1ccc(F)c2ccccc12. The standard InChI is InChI=1S/C18H18FNO/c1-2-10-20-12-18-16(9-11-21-18)14-7-8-17(19)15-6-4-3-5-13(14)15/h3-9,11,20H,2,10,12H2,1H3. The Bertz CT molecular complexity index is 748. The van der Waals surface area contributed by atoms with Crippen LogP contribution in [-0.4, -0.2) is 6.54 Å². The summed E-state index contributed by atoms with van der Waals surface area (Å²) in [6.07, 6.45) is 2.77. The molecule has 0 saturated heterocycles. The summed E-state index contributed by atoms with van der Waals surface area (Å²) in [6.45, 7) is 3.76. The number of nitrogens with one attached hydrogen (secondary N) is 1. The van der Waals surface area contributed by atoms with Crippen LogP contribution in [0, 0.1) is 5.82 Å². The molecule has 0 radical (unpaired) electrons. The molecule has 0 bridgehead atoms. The molecule has 108 valence electrons. The molecule has 1 heterocycles. The summed E-state index contributed by atoms with van der Waals surface area (Å²) in [6, 6.07) is 12.8. The average Bonchev–Trinajstić information content (AvgIpc) is 2.97. The van der Waals surface area contributed by atoms with E-state index in [-0.39, 0.29) is 5.82 Å². The highest BCUT2D eigenvalue weighted by Gasteiger charge is 2.13. The van der Waals surface area contributed by atoms with Crippen LogP contribution in [0.15, 0.2) is 53.1 Å². The molecular formula is C18H18FNO. The van der Waals surface area contributed by atoms with Crippen LogP contribution in [0.2, 0.25) is 0 Å². The van der Waals surface area contributed by atoms with Gasteiger partial charge in [-0.15, -0.1) is 0 Å². The fourth-order valence-corrected chi connectivity index (χ4v) is 2.59. The predicted molar refractivity (Wildman–Crippen MR) is 83.6 cm³/mol. The molecule has 3 rings (SSSR count). The van der Waals surface area contributed by atoms with E-state index in [4.69, 9.17) is 4.42 Å². The van der Waals surface area contributed by atoms with Crippen LogP contribution in [-0.2, 0) is 6.54 Å². The second kappa shape index (κ2) is 6.10. The van der Waals surface area contributed by atoms with E-state index in [9.17, 15) is 4.39 Å². The van der Waals surface area contributed by atoms with Crippen LogP contribution in [0.5, 0.6) is 0 Å². The van der Waals surface area contributed by atoms with Crippen molar-refractivity contribution in [1.82, 2.24) is 5.32 Å². The summed E-state index contributed by atoms with van der Waals surface area (Å²) in [7, 11) is 0. The summed E-state index contributed by atoms with van der Waals surface area (Å²) in [5, 5.41) is 4.89. The van der Waals surface area contributed by atoms with Gasteiger partial charge in [0.05, 0.1) is 12.8 Å². The lowest BCUT2D eigenvalue weighted by atomic mass is 9.98. The molecule has 0 aliphatic rings. The second-order valence-electron chi connectivity index (χ2n) is 5.07. The number of benzene rings is 2. The average molecular weight is 283 g/mol. The van der Waals surface area contributed by atoms with Gasteiger partial charge in [0.15, 0.2) is 0 Å². The van der Waals surface area contributed by atoms with Crippen molar-refractivity contribution >= 4 is 10.8 Å². The quantitative estimate of drug-likeness (QED) is 0.684. The minimum absolute atomic E-state index is 0.191. The van der Waals surface area contributed by atoms with E-state index in [1.54, 1.807) is 6.26 Å². The molecule has 0 unspecified atom stereocenters. The minimum atomic E-state index is -0.191. The summed E-state index contributed by atoms with van der Waals surface area (Å²) >= 11 is 0. The van der Waals surface area contributed by atoms with Crippen molar-refractivity contribution in [2.24, 2.45) is 0 Å². The molecule has 0 fully saturated rings. The normalized spacial score (nSPS) is 11.1. The molecule has 0 saturated carbocycles. The third-order valence-electron chi connectivity index (χ3n) is 3.62. The van der Waals surface area contributed by atoms with Gasteiger partial charge in [-0.2, -0.15) is 0 Å². The number of hydrogen-bond acceptors (Lipinski definition) is 2. The van der Waals surface area contributed by atoms with Crippen LogP contribution in [0.25, 0.3) is 21.9 Å². The number of halogens is 1. The Kier molecular flexibility index (Phi) is 4.02. The van der Waals surface area contributed by atoms with Gasteiger partial charge in [0.2, 0.25) is 0 Å². The number of rotatable bonds is 5. The summed E-state index contributed by atoms with van der Waals surface area (Å²) in [5.74, 6) is 0.698. The molecule has 0 atom stereocenters. The van der Waals surface area contributed by atoms with Crippen molar-refractivity contribution in [2.75, 3.05) is 6.54 Å². The first kappa shape index (κ1) is 13.8. The Morgan fingerprint density at radius 3 is 2.62 bits per heavy atom. The molecule has 2 nitrogen and oxygen atoms in total. The Morgan fingerprint density at radius 1 is 1.00 bits per heavy atom. The first-order valence-electron chi connectivity index (χ1n) is 7.26. The molecule has 1 N–H and O–H groups in total. The van der Waals surface area contributed by atoms with Crippen molar-refractivity contribution in [3.05, 3.63) is 60.3 Å². The summed E-state index contributed by atoms with van der Waals surface area (Å²) in [5.41, 5.74) is 2.03. The fourth-order valence-electron chi connectivity index (χ4n) is 2.59. The van der Waals surface area contributed by atoms with Crippen molar-refractivity contribution < 1.29 is 8.81 Å². The summed E-state index contributed by atoms with van der Waals surface area (Å²) < 4.78 is 19.5. The van der Waals surface area contributed by atoms with E-state index < -0.39 is 0 Å². The van der Waals surface area contributed by atoms with Gasteiger partial charge in [0.1, 0.15) is 11.6 Å². The zero-order valence-electron chi connectivity index (χ0n) is 12.0. The third kappa shape index (κ3) is 2.69. The lowest BCUT2D eigenvalue weighted by Crippen LogP contribution is -2.13. The molecule has 0 amide bonds. The highest BCUT2D eigenvalue weighted by molar-refractivity contribution is 5.97. The van der Waals surface area contributed by atoms with Crippen molar-refractivity contribution in [2.45, 2.75) is 19.9 Å². The van der Waals surface area contributed by atoms with Crippen LogP contribution in [0.4, 0.5) is 4.39 Å². The van der Waals surface area contributed by atoms with Gasteiger partial charge in [-0.25, -0.2) is 4.39 Å². The predicted octanol–water partition coefficient (Wildman–Crippen LogP) is 4.74. The van der Waals surface area contributed by atoms with Crippen molar-refractivity contribution in [3.63, 3.8) is 0 Å². The first-order valence-corrected chi connectivity index (χ1v) is 7.26. The monoisotopic (exact) mass is 283 g/mol. The van der Waals surface area contributed by atoms with E-state index in [0.717, 1.165) is 35.2 Å². The van der Waals surface area contributed by atoms with Crippen LogP contribution >= 0.6 is 0 Å². The van der Waals surface area contributed by atoms with Crippen LogP contribution < -0.4 is 5.32 Å². The Morgan fingerprint density at radius 2 is 1.81 bits per heavy atom. The van der Waals surface area contributed by atoms with Crippen LogP contribution in [0.3, 0.4) is 0 Å². The number of hydrogen-bond donors (Lipinski definition) is 1. The summed E-state index contributed by atoms with van der Waals surface area (Å²) in [4.78, 5) is 0. The maximum atomic E-state index is 13.9. The highest BCUT2D eigenvalue weighted by Crippen LogP contribution is 2.33. The van der Waals surface area contributed by atoms with Gasteiger partial charge in [0, 0.05) is 10.9 Å². The number of fused-ring (bicyclic) bond motifs is 1. The maximum Gasteiger partial charge on any atom is 0.131 e. The molecule has 0 aliphatic heterocycles. The molecule has 3 heteroatoms. The largest absolute Gasteiger partial charge is 0.467 e. The zero-order valence-corrected chi connectivity index (χ0v) is 12.0. The van der Waals surface area contributed by atoms with Crippen molar-refractivity contribution in [3.8, 4) is 11.1 Å². The molecule has 1 aromatic heterocycles. The van der Waals surface area contributed by atoms with Gasteiger partial charge in [-0.1, -0.05) is 37.3 Å². The smallest absolute Gasteiger partial charge is 0.131 e. The Hall–Kier alpha value is -2.13. The Labute approximate surface area is 123 Å². The van der Waals surface area contributed by atoms with Crippen LogP contribution in [0.1, 0.15) is 19.1 Å². The van der Waals surface area contributed by atoms with Crippen molar-refractivity contribution in [1.29, 1.82) is 0 Å². The molecule has 0 aliphatic carbocycles. The third-order valence-corrected chi connectivity index (χ3v) is 3.62. The molecule has 2 aromatic carbocycles.